The molecule has 0 bridgehead atoms. The number of imidazole rings is 1. The molecule has 16 heterocycles. The van der Waals surface area contributed by atoms with E-state index < -0.39 is 229 Å². The molecule has 28 atom stereocenters. The van der Waals surface area contributed by atoms with E-state index >= 15 is 0 Å². The molecular weight excluding hydrogens is 1880 g/mol. The summed E-state index contributed by atoms with van der Waals surface area (Å²) in [4.78, 5) is 132. The molecule has 64 heteroatoms. The molecule has 61 nitrogen and oxygen atoms in total. The highest BCUT2D eigenvalue weighted by Crippen LogP contribution is 2.49. The van der Waals surface area contributed by atoms with E-state index in [2.05, 4.69) is 67.0 Å². The van der Waals surface area contributed by atoms with Gasteiger partial charge in [-0.05, 0) is 55.6 Å². The molecule has 1 spiro atoms. The molecule has 8 aromatic heterocycles. The Labute approximate surface area is 773 Å². The molecule has 8 fully saturated rings. The van der Waals surface area contributed by atoms with Crippen molar-refractivity contribution in [1.82, 2.24) is 88.2 Å². The number of aliphatic hydroxyl groups excluding tert-OH is 16. The number of nitrogens with zero attached hydrogens (tertiary/aromatic N) is 18. The number of anilines is 4. The molecule has 0 radical (unpaired) electrons. The maximum absolute atomic E-state index is 14.4. The smallest absolute Gasteiger partial charge is 0.430 e. The number of amides is 5. The Hall–Kier alpha value is -12.4. The number of likely N-dealkylation sites (N-methyl/N-ethyl adjacent to an activating group) is 1. The molecule has 8 aromatic rings. The van der Waals surface area contributed by atoms with Crippen molar-refractivity contribution in [2.24, 2.45) is 16.8 Å². The third-order valence-corrected chi connectivity index (χ3v) is 24.4. The standard InChI is InChI=1S/C12H15N5O3.C12H16N4O4.C12H16N2O6.C11H14FN3O7.C10H13ClFN3O4.C9H12N6O5.C8H12N4O5/c1-5-6(3-18)8(19)2-7(5)17-4-14-9-10(17)15-12(13)16-11(9)20;1-12(19)9(18)8(4-17)20-10(12)6-2-3-7-11(13)14-5-15-16(6)7;1-14(4-2-8(16)13-11(14)18)10-12(3-5-19-12)9(17)7(6-15)20-10;1-10(14-9(20)21)6(18)11(12,4-16)22-7(10)15-3-2-5(17)13-8(15)19;11-3-10(4-16)7(17)6(12)8(19-10)15-2-1-5(13)14-9(15)18;10-4-1-2-15(8(19)12-4)7-5(17)6(18)9(3-16,20-7)13-14-11;9-6(16)7-10-2-12(11-7)8-5(15)4(14)3(1-13)17-8/h4,6-8,18-19H,1-3H2,(H3,13,15,16,20);2-3,5,8-10,17-19H,4H2,1H3,(H2,13,14,15);2,4,7,9-10,15,17H,3,5-6H2,1H3;2-3,6-7,14,16,18H,4H2,1H3,(H,20,21)(H,13,17,19);1-2,6-8,16-17H,3-4H2,(H2,13,14,18);1-2,5-7,16-18H,3H2,(H2,10,12,19);2-5,8,13-15H,1H2,(H2,9,16)/p+1/t6-,7-,8+;8-,9+,10+,12?;7-,9+,10-,12-,14?;6-,7-,10?,11-;6?,7-,8-,10-;5?,6-,7-,9-;3-,4+,5?,8-/m0111111/s1. The average molecular weight is 1980 g/mol. The average Bonchev–Trinajstić information content (AvgIpc) is 1.54. The molecule has 7 saturated heterocycles. The number of imide groups is 1. The lowest BCUT2D eigenvalue weighted by molar-refractivity contribution is -0.843. The number of halogens is 3. The summed E-state index contributed by atoms with van der Waals surface area (Å²) in [5, 5.41) is 188. The number of H-pyrrole nitrogens is 2. The highest BCUT2D eigenvalue weighted by Gasteiger charge is 2.70. The number of carbonyl (C=O) groups excluding carboxylic acids is 3. The molecular formula is C74H99ClF2N27O34+. The van der Waals surface area contributed by atoms with Crippen molar-refractivity contribution < 1.29 is 158 Å². The van der Waals surface area contributed by atoms with Crippen LogP contribution in [-0.2, 0) is 38.0 Å². The van der Waals surface area contributed by atoms with Crippen LogP contribution in [0.5, 0.6) is 0 Å². The number of carbonyl (C=O) groups is 4. The number of aliphatic hydroxyl groups is 17. The van der Waals surface area contributed by atoms with Crippen LogP contribution in [0.3, 0.4) is 0 Å². The summed E-state index contributed by atoms with van der Waals surface area (Å²) in [6.45, 7) is 2.79. The summed E-state index contributed by atoms with van der Waals surface area (Å²) in [6.07, 6.45) is -14.7. The SMILES string of the molecule is C=C1[C@H](CO)[C@H](O)C[C@@H]1n1cnc2c(=O)[nH]c(N)nc21.CC1(NC(=O)O)[C@@H](O)[C@@](F)(CO)O[C@H]1n1ccc(=O)[nH]c1=O.CC1(O)[C@H](c2ccc3c(N)ncnn23)O[C@H](CO)[C@@H]1O.C[N+]1([C@@H]2O[C@H](CO)[C@H](O)[C@]23CCO3)C=CC(=O)NC1=O.NC(=O)c1ncn([C@@H]2O[C@H](CO)[C@H](O)C2O)n1.Nc1ccn([C@@H]2O[C@@](CO)(CCl)[C@H](O)C2F)c(=O)n1.[N-]=[N+]=N[C@]1(CO)O[C@@H](n2ccc(N)nc2=O)C(O)[C@H]1O. The van der Waals surface area contributed by atoms with Gasteiger partial charge in [0.15, 0.2) is 53.7 Å². The normalized spacial score (nSPS) is 34.7. The number of nitrogens with two attached hydrogens (primary N) is 5. The quantitative estimate of drug-likeness (QED) is 0.00947. The zero-order chi connectivity index (χ0) is 102. The number of urea groups is 1. The van der Waals surface area contributed by atoms with E-state index in [9.17, 15) is 129 Å². The number of hydrogen-bond acceptors (Lipinski definition) is 46. The second-order valence-electron chi connectivity index (χ2n) is 32.7. The lowest BCUT2D eigenvalue weighted by Crippen LogP contribution is -2.70. The number of aromatic nitrogens is 16. The largest absolute Gasteiger partial charge is 0.465 e. The number of nitrogens with one attached hydrogen (secondary N) is 4. The van der Waals surface area contributed by atoms with Gasteiger partial charge < -0.3 is 164 Å². The van der Waals surface area contributed by atoms with E-state index in [1.807, 2.05) is 10.3 Å². The first-order valence-corrected chi connectivity index (χ1v) is 41.4. The molecule has 8 aliphatic heterocycles. The fourth-order valence-electron chi connectivity index (χ4n) is 16.3. The predicted molar refractivity (Wildman–Crippen MR) is 453 cm³/mol. The van der Waals surface area contributed by atoms with Gasteiger partial charge in [0.05, 0.1) is 89.4 Å². The molecule has 1 aliphatic carbocycles. The number of fused-ring (bicyclic) bond motifs is 2. The number of carboxylic acid groups (broad SMARTS) is 1. The fourth-order valence-corrected chi connectivity index (χ4v) is 16.6. The predicted octanol–water partition coefficient (Wildman–Crippen LogP) is -11.3. The number of ether oxygens (including phenoxy) is 7. The number of hydrogen-bond donors (Lipinski definition) is 27. The van der Waals surface area contributed by atoms with Crippen LogP contribution in [0.25, 0.3) is 27.1 Å². The van der Waals surface area contributed by atoms with Gasteiger partial charge in [0, 0.05) is 41.9 Å². The van der Waals surface area contributed by atoms with E-state index in [1.165, 1.54) is 60.9 Å². The van der Waals surface area contributed by atoms with Gasteiger partial charge in [-0.25, -0.2) is 62.2 Å². The summed E-state index contributed by atoms with van der Waals surface area (Å²) in [7, 11) is 1.57. The molecule has 754 valence electrons. The van der Waals surface area contributed by atoms with Crippen LogP contribution in [0, 0.1) is 5.92 Å². The highest BCUT2D eigenvalue weighted by molar-refractivity contribution is 6.18. The van der Waals surface area contributed by atoms with Gasteiger partial charge in [-0.15, -0.1) is 16.7 Å². The molecule has 138 heavy (non-hydrogen) atoms. The first-order valence-electron chi connectivity index (χ1n) is 40.8. The fraction of sp³-hybridized carbons (Fsp3) is 0.554. The highest BCUT2D eigenvalue weighted by atomic mass is 35.5. The van der Waals surface area contributed by atoms with Gasteiger partial charge >= 0.3 is 29.2 Å². The number of aromatic amines is 2. The number of azide groups is 1. The minimum atomic E-state index is -2.99. The molecule has 1 saturated carbocycles. The Kier molecular flexibility index (Phi) is 32.3. The third kappa shape index (κ3) is 20.1. The first-order chi connectivity index (χ1) is 65.0. The Morgan fingerprint density at radius 3 is 1.88 bits per heavy atom. The van der Waals surface area contributed by atoms with E-state index in [4.69, 9.17) is 94.3 Å². The van der Waals surface area contributed by atoms with Crippen molar-refractivity contribution in [1.29, 1.82) is 0 Å². The van der Waals surface area contributed by atoms with Crippen LogP contribution in [0.2, 0.25) is 0 Å². The van der Waals surface area contributed by atoms with Gasteiger partial charge in [-0.3, -0.25) is 42.8 Å². The summed E-state index contributed by atoms with van der Waals surface area (Å²) >= 11 is 5.61. The Morgan fingerprint density at radius 2 is 1.36 bits per heavy atom. The number of primary amides is 1. The van der Waals surface area contributed by atoms with E-state index in [1.54, 1.807) is 23.7 Å². The lowest BCUT2D eigenvalue weighted by Gasteiger charge is -2.47. The molecule has 9 aliphatic rings. The Bertz CT molecular complexity index is 6160. The van der Waals surface area contributed by atoms with Crippen LogP contribution in [0.1, 0.15) is 80.1 Å². The minimum Gasteiger partial charge on any atom is -0.465 e. The summed E-state index contributed by atoms with van der Waals surface area (Å²) in [6, 6.07) is 6.12. The van der Waals surface area contributed by atoms with Crippen molar-refractivity contribution in [3.8, 4) is 0 Å². The number of quaternary nitrogens is 1. The van der Waals surface area contributed by atoms with E-state index in [0.717, 1.165) is 39.3 Å². The molecule has 5 amide bonds. The van der Waals surface area contributed by atoms with Crippen LogP contribution < -0.4 is 67.5 Å². The Balaban J connectivity index is 0.000000154. The van der Waals surface area contributed by atoms with Crippen LogP contribution >= 0.6 is 11.6 Å². The number of nitrogen functional groups attached to an aromatic ring is 4. The first kappa shape index (κ1) is 106. The van der Waals surface area contributed by atoms with Crippen molar-refractivity contribution >= 4 is 75.6 Å². The number of alkyl halides is 3. The summed E-state index contributed by atoms with van der Waals surface area (Å²) in [5.41, 5.74) is 25.7. The van der Waals surface area contributed by atoms with Crippen LogP contribution in [0.15, 0.2) is 121 Å². The molecule has 32 N–H and O–H groups in total. The third-order valence-electron chi connectivity index (χ3n) is 23.9. The van der Waals surface area contributed by atoms with E-state index in [0.29, 0.717) is 52.3 Å². The van der Waals surface area contributed by atoms with Crippen molar-refractivity contribution in [3.63, 3.8) is 0 Å². The second-order valence-corrected chi connectivity index (χ2v) is 33.0. The van der Waals surface area contributed by atoms with E-state index in [-0.39, 0.29) is 71.1 Å². The second kappa shape index (κ2) is 42.1. The maximum atomic E-state index is 14.4. The van der Waals surface area contributed by atoms with Crippen molar-refractivity contribution in [2.45, 2.75) is 183 Å². The van der Waals surface area contributed by atoms with Gasteiger partial charge in [0.25, 0.3) is 28.8 Å². The molecule has 6 unspecified atom stereocenters. The zero-order valence-electron chi connectivity index (χ0n) is 72.3. The summed E-state index contributed by atoms with van der Waals surface area (Å²) < 4.78 is 72.0. The molecule has 0 aromatic carbocycles. The van der Waals surface area contributed by atoms with Gasteiger partial charge in [-0.2, -0.15) is 24.5 Å². The van der Waals surface area contributed by atoms with Crippen LogP contribution in [-0.4, -0.2) is 383 Å². The lowest BCUT2D eigenvalue weighted by atomic mass is 9.85. The van der Waals surface area contributed by atoms with Gasteiger partial charge in [0.2, 0.25) is 23.7 Å². The minimum absolute atomic E-state index is 0.00659. The topological polar surface area (TPSA) is 949 Å². The monoisotopic (exact) mass is 1980 g/mol. The zero-order valence-corrected chi connectivity index (χ0v) is 73.0. The van der Waals surface area contributed by atoms with Gasteiger partial charge in [0.1, 0.15) is 133 Å². The van der Waals surface area contributed by atoms with Crippen molar-refractivity contribution in [2.75, 3.05) is 88.7 Å². The maximum Gasteiger partial charge on any atom is 0.430 e. The van der Waals surface area contributed by atoms with Crippen LogP contribution in [0.4, 0.5) is 41.8 Å². The molecule has 17 rings (SSSR count). The summed E-state index contributed by atoms with van der Waals surface area (Å²) in [5.74, 6) is -4.93. The van der Waals surface area contributed by atoms with Gasteiger partial charge in [-0.1, -0.05) is 11.7 Å². The Morgan fingerprint density at radius 1 is 0.732 bits per heavy atom. The van der Waals surface area contributed by atoms with Crippen molar-refractivity contribution in [3.05, 3.63) is 166 Å². The number of rotatable bonds is 18.